The van der Waals surface area contributed by atoms with Gasteiger partial charge in [-0.3, -0.25) is 19.2 Å². The fourth-order valence-electron chi connectivity index (χ4n) is 10.7. The molecule has 1 aliphatic heterocycles. The van der Waals surface area contributed by atoms with Gasteiger partial charge in [-0.2, -0.15) is 5.10 Å². The molecule has 8 atom stereocenters. The number of ketones is 1. The van der Waals surface area contributed by atoms with Crippen LogP contribution in [0.2, 0.25) is 0 Å². The summed E-state index contributed by atoms with van der Waals surface area (Å²) in [5.41, 5.74) is 1.82. The zero-order chi connectivity index (χ0) is 37.4. The molecule has 3 saturated carbocycles. The molecule has 5 aliphatic rings. The number of rotatable bonds is 7. The maximum absolute atomic E-state index is 14.1. The Bertz CT molecular complexity index is 1970. The number of thioether (sulfide) groups is 1. The number of Topliss-reactive ketones (excluding diaryl/α,β-unsaturated/α-hetero) is 1. The van der Waals surface area contributed by atoms with Crippen molar-refractivity contribution in [3.8, 4) is 5.69 Å². The Morgan fingerprint density at radius 2 is 1.90 bits per heavy atom. The molecule has 52 heavy (non-hydrogen) atoms. The lowest BCUT2D eigenvalue weighted by Gasteiger charge is -2.60. The first-order chi connectivity index (χ1) is 24.5. The summed E-state index contributed by atoms with van der Waals surface area (Å²) >= 11 is 0.591. The van der Waals surface area contributed by atoms with Crippen LogP contribution in [0.3, 0.4) is 0 Å². The Morgan fingerprint density at radius 1 is 1.13 bits per heavy atom. The third-order valence-electron chi connectivity index (χ3n) is 13.2. The largest absolute Gasteiger partial charge is 0.449 e. The van der Waals surface area contributed by atoms with Gasteiger partial charge >= 0.3 is 5.97 Å². The van der Waals surface area contributed by atoms with Crippen LogP contribution in [0.25, 0.3) is 11.8 Å². The summed E-state index contributed by atoms with van der Waals surface area (Å²) in [6.07, 6.45) is 7.68. The number of esters is 1. The summed E-state index contributed by atoms with van der Waals surface area (Å²) in [5, 5.41) is 16.1. The molecule has 1 N–H and O–H groups in total. The summed E-state index contributed by atoms with van der Waals surface area (Å²) in [4.78, 5) is 54.2. The Morgan fingerprint density at radius 3 is 2.60 bits per heavy atom. The van der Waals surface area contributed by atoms with Crippen LogP contribution in [0, 0.1) is 34.5 Å². The molecule has 1 aromatic carbocycles. The van der Waals surface area contributed by atoms with Crippen molar-refractivity contribution < 1.29 is 37.4 Å². The minimum Gasteiger partial charge on any atom is -0.449 e. The van der Waals surface area contributed by atoms with Gasteiger partial charge in [-0.15, -0.1) is 0 Å². The molecule has 0 radical (unpaired) electrons. The van der Waals surface area contributed by atoms with Gasteiger partial charge in [0.1, 0.15) is 0 Å². The SMILES string of the molecule is CCC(=O)O[C@]1(C(=O)SC(=O)N(C)C)CC[C@H]2[C@@H]3CCC4=Cc5c(cnn5-c5cccc(C(=O)CC6CCS(=O)(=O)C6)c5)C[C@]4(C)[C@H]3[C@@H](O)C[C@@]21C. The van der Waals surface area contributed by atoms with Gasteiger partial charge in [0.15, 0.2) is 21.2 Å². The van der Waals surface area contributed by atoms with Crippen molar-refractivity contribution in [2.75, 3.05) is 25.6 Å². The Hall–Kier alpha value is -3.29. The molecule has 1 unspecified atom stereocenters. The van der Waals surface area contributed by atoms with Gasteiger partial charge < -0.3 is 14.7 Å². The van der Waals surface area contributed by atoms with Crippen LogP contribution < -0.4 is 0 Å². The van der Waals surface area contributed by atoms with Crippen molar-refractivity contribution in [1.82, 2.24) is 14.7 Å². The fraction of sp³-hybridized carbons (Fsp3) is 0.615. The van der Waals surface area contributed by atoms with Gasteiger partial charge in [-0.25, -0.2) is 13.1 Å². The second-order valence-electron chi connectivity index (χ2n) is 16.4. The number of carbonyl (C=O) groups is 4. The van der Waals surface area contributed by atoms with Crippen molar-refractivity contribution in [2.45, 2.75) is 90.3 Å². The van der Waals surface area contributed by atoms with Gasteiger partial charge in [0.2, 0.25) is 5.12 Å². The molecule has 11 nitrogen and oxygen atoms in total. The second-order valence-corrected chi connectivity index (χ2v) is 19.6. The molecule has 280 valence electrons. The van der Waals surface area contributed by atoms with Gasteiger partial charge in [0.25, 0.3) is 5.24 Å². The number of aliphatic hydroxyl groups is 1. The molecule has 1 saturated heterocycles. The number of ether oxygens (including phenoxy) is 1. The number of sulfone groups is 1. The third kappa shape index (κ3) is 5.98. The zero-order valence-corrected chi connectivity index (χ0v) is 32.2. The van der Waals surface area contributed by atoms with E-state index in [0.29, 0.717) is 43.0 Å². The number of fused-ring (bicyclic) bond motifs is 6. The van der Waals surface area contributed by atoms with Gasteiger partial charge in [0.05, 0.1) is 35.2 Å². The number of aromatic nitrogens is 2. The van der Waals surface area contributed by atoms with Crippen LogP contribution in [0.5, 0.6) is 0 Å². The first kappa shape index (κ1) is 37.0. The average Bonchev–Trinajstić information content (AvgIpc) is 3.74. The van der Waals surface area contributed by atoms with Gasteiger partial charge in [-0.1, -0.05) is 38.5 Å². The first-order valence-corrected chi connectivity index (χ1v) is 21.1. The number of hydrogen-bond donors (Lipinski definition) is 1. The van der Waals surface area contributed by atoms with Crippen LogP contribution in [0.15, 0.2) is 36.0 Å². The van der Waals surface area contributed by atoms with Crippen LogP contribution in [-0.4, -0.2) is 87.6 Å². The highest BCUT2D eigenvalue weighted by molar-refractivity contribution is 8.26. The highest BCUT2D eigenvalue weighted by atomic mass is 32.2. The van der Waals surface area contributed by atoms with E-state index in [4.69, 9.17) is 9.84 Å². The molecule has 4 fully saturated rings. The number of hydrogen-bond acceptors (Lipinski definition) is 10. The smallest absolute Gasteiger partial charge is 0.306 e. The van der Waals surface area contributed by atoms with Crippen LogP contribution in [0.1, 0.15) is 93.8 Å². The van der Waals surface area contributed by atoms with E-state index in [1.807, 2.05) is 36.0 Å². The molecule has 4 aliphatic carbocycles. The third-order valence-corrected chi connectivity index (χ3v) is 16.1. The van der Waals surface area contributed by atoms with Crippen LogP contribution in [0.4, 0.5) is 4.79 Å². The van der Waals surface area contributed by atoms with Crippen molar-refractivity contribution in [3.05, 3.63) is 52.9 Å². The quantitative estimate of drug-likeness (QED) is 0.277. The molecule has 0 spiro atoms. The number of benzene rings is 1. The molecule has 7 rings (SSSR count). The second kappa shape index (κ2) is 13.2. The summed E-state index contributed by atoms with van der Waals surface area (Å²) in [5.74, 6) is -0.501. The lowest BCUT2D eigenvalue weighted by atomic mass is 9.45. The maximum atomic E-state index is 14.1. The van der Waals surface area contributed by atoms with E-state index in [0.717, 1.165) is 29.8 Å². The Labute approximate surface area is 309 Å². The summed E-state index contributed by atoms with van der Waals surface area (Å²) in [6.45, 7) is 5.91. The Balaban J connectivity index is 1.16. The lowest BCUT2D eigenvalue weighted by Crippen LogP contribution is -2.62. The molecular weight excluding hydrogens is 703 g/mol. The fourth-order valence-corrected chi connectivity index (χ4v) is 13.4. The zero-order valence-electron chi connectivity index (χ0n) is 30.6. The maximum Gasteiger partial charge on any atom is 0.306 e. The highest BCUT2D eigenvalue weighted by Gasteiger charge is 2.71. The highest BCUT2D eigenvalue weighted by Crippen LogP contribution is 2.69. The predicted octanol–water partition coefficient (Wildman–Crippen LogP) is 5.67. The number of amides is 1. The number of carbonyl (C=O) groups excluding carboxylic acids is 4. The van der Waals surface area contributed by atoms with Crippen molar-refractivity contribution in [1.29, 1.82) is 0 Å². The predicted molar refractivity (Wildman–Crippen MR) is 198 cm³/mol. The van der Waals surface area contributed by atoms with Crippen LogP contribution >= 0.6 is 11.8 Å². The van der Waals surface area contributed by atoms with Crippen LogP contribution in [-0.2, 0) is 30.6 Å². The van der Waals surface area contributed by atoms with E-state index in [1.54, 1.807) is 27.1 Å². The van der Waals surface area contributed by atoms with Crippen molar-refractivity contribution in [2.24, 2.45) is 34.5 Å². The summed E-state index contributed by atoms with van der Waals surface area (Å²) in [6, 6.07) is 7.36. The van der Waals surface area contributed by atoms with E-state index >= 15 is 0 Å². The minimum atomic E-state index is -3.06. The van der Waals surface area contributed by atoms with Gasteiger partial charge in [0, 0.05) is 49.7 Å². The monoisotopic (exact) mass is 751 g/mol. The van der Waals surface area contributed by atoms with E-state index in [1.165, 1.54) is 10.5 Å². The topological polar surface area (TPSA) is 153 Å². The molecule has 13 heteroatoms. The molecular formula is C39H49N3O8S2. The number of aliphatic hydroxyl groups excluding tert-OH is 1. The molecule has 1 amide bonds. The number of allylic oxidation sites excluding steroid dienone is 1. The first-order valence-electron chi connectivity index (χ1n) is 18.5. The summed E-state index contributed by atoms with van der Waals surface area (Å²) < 4.78 is 31.9. The molecule has 2 heterocycles. The average molecular weight is 752 g/mol. The van der Waals surface area contributed by atoms with E-state index in [-0.39, 0.29) is 65.6 Å². The lowest BCUT2D eigenvalue weighted by molar-refractivity contribution is -0.196. The molecule has 2 aromatic rings. The summed E-state index contributed by atoms with van der Waals surface area (Å²) in [7, 11) is 0.106. The Kier molecular flexibility index (Phi) is 9.42. The standard InChI is InChI=1S/C39H49N3O8S2/c1-6-33(45)50-39(35(46)51-36(47)41(4)5)14-12-29-28-11-10-26-18-30-25(19-37(26,2)34(28)32(44)20-38(29,39)3)21-40-42(30)27-9-7-8-24(17-27)31(43)16-23-13-15-52(48,49)22-23/h7-9,17-18,21,23,28-29,32,34,44H,6,10-16,19-20,22H2,1-5H3/t23?,28-,29-,32-,34+,37-,38-,39-/m0/s1. The van der Waals surface area contributed by atoms with Crippen molar-refractivity contribution in [3.63, 3.8) is 0 Å². The van der Waals surface area contributed by atoms with E-state index in [2.05, 4.69) is 13.0 Å². The van der Waals surface area contributed by atoms with E-state index < -0.39 is 43.3 Å². The number of nitrogens with zero attached hydrogens (tertiary/aromatic N) is 3. The molecule has 0 bridgehead atoms. The minimum absolute atomic E-state index is 0.0108. The van der Waals surface area contributed by atoms with E-state index in [9.17, 15) is 32.7 Å². The van der Waals surface area contributed by atoms with Gasteiger partial charge in [-0.05, 0) is 97.8 Å². The molecule has 1 aromatic heterocycles. The normalized spacial score (nSPS) is 34.3. The van der Waals surface area contributed by atoms with Crippen molar-refractivity contribution >= 4 is 49.8 Å².